The van der Waals surface area contributed by atoms with Gasteiger partial charge < -0.3 is 10.0 Å². The Labute approximate surface area is 127 Å². The molecule has 0 aliphatic carbocycles. The zero-order valence-electron chi connectivity index (χ0n) is 12.9. The second-order valence-corrected chi connectivity index (χ2v) is 8.52. The van der Waals surface area contributed by atoms with E-state index in [9.17, 15) is 13.2 Å². The van der Waals surface area contributed by atoms with E-state index in [-0.39, 0.29) is 12.0 Å². The van der Waals surface area contributed by atoms with Crippen LogP contribution in [0.15, 0.2) is 0 Å². The Morgan fingerprint density at radius 2 is 2.00 bits per heavy atom. The monoisotopic (exact) mass is 318 g/mol. The van der Waals surface area contributed by atoms with Gasteiger partial charge in [-0.2, -0.15) is 0 Å². The normalized spacial score (nSPS) is 33.0. The predicted octanol–water partition coefficient (Wildman–Crippen LogP) is 0.843. The highest BCUT2D eigenvalue weighted by Gasteiger charge is 2.32. The minimum absolute atomic E-state index is 0.227. The number of carbonyl (C=O) groups is 1. The average Bonchev–Trinajstić information content (AvgIpc) is 2.40. The quantitative estimate of drug-likeness (QED) is 0.831. The highest BCUT2D eigenvalue weighted by atomic mass is 32.2. The maximum absolute atomic E-state index is 11.7. The number of nitrogens with zero attached hydrogens (tertiary/aromatic N) is 2. The van der Waals surface area contributed by atoms with Crippen LogP contribution >= 0.6 is 0 Å². The standard InChI is InChI=1S/C14H26N2O4S/c1-11-8-13(14(17)18)5-7-15(11)9-12-4-3-6-16(10-12)21(2,19)20/h11-13H,3-10H2,1-2H3,(H,17,18). The fourth-order valence-electron chi connectivity index (χ4n) is 3.53. The molecular weight excluding hydrogens is 292 g/mol. The molecule has 3 atom stereocenters. The van der Waals surface area contributed by atoms with Crippen molar-refractivity contribution in [1.29, 1.82) is 0 Å². The molecule has 2 rings (SSSR count). The molecule has 0 aromatic carbocycles. The lowest BCUT2D eigenvalue weighted by atomic mass is 9.90. The van der Waals surface area contributed by atoms with Gasteiger partial charge in [0.05, 0.1) is 12.2 Å². The van der Waals surface area contributed by atoms with Gasteiger partial charge in [-0.1, -0.05) is 0 Å². The van der Waals surface area contributed by atoms with Gasteiger partial charge in [0.1, 0.15) is 0 Å². The van der Waals surface area contributed by atoms with Crippen LogP contribution in [0, 0.1) is 11.8 Å². The predicted molar refractivity (Wildman–Crippen MR) is 80.5 cm³/mol. The fourth-order valence-corrected chi connectivity index (χ4v) is 4.47. The second-order valence-electron chi connectivity index (χ2n) is 6.53. The van der Waals surface area contributed by atoms with Crippen LogP contribution in [0.2, 0.25) is 0 Å². The smallest absolute Gasteiger partial charge is 0.306 e. The lowest BCUT2D eigenvalue weighted by Crippen LogP contribution is -2.48. The first kappa shape index (κ1) is 16.7. The Balaban J connectivity index is 1.89. The Hall–Kier alpha value is -0.660. The third kappa shape index (κ3) is 4.40. The van der Waals surface area contributed by atoms with Crippen LogP contribution in [0.1, 0.15) is 32.6 Å². The molecule has 3 unspecified atom stereocenters. The molecule has 2 aliphatic heterocycles. The van der Waals surface area contributed by atoms with Crippen molar-refractivity contribution in [3.8, 4) is 0 Å². The molecule has 0 saturated carbocycles. The minimum Gasteiger partial charge on any atom is -0.481 e. The summed E-state index contributed by atoms with van der Waals surface area (Å²) in [5.74, 6) is -0.560. The molecule has 122 valence electrons. The molecule has 0 radical (unpaired) electrons. The van der Waals surface area contributed by atoms with Gasteiger partial charge in [-0.15, -0.1) is 0 Å². The molecule has 1 N–H and O–H groups in total. The van der Waals surface area contributed by atoms with E-state index in [2.05, 4.69) is 11.8 Å². The van der Waals surface area contributed by atoms with Gasteiger partial charge in [-0.25, -0.2) is 12.7 Å². The number of carboxylic acids is 1. The maximum Gasteiger partial charge on any atom is 0.306 e. The third-order valence-corrected chi connectivity index (χ3v) is 6.08. The molecule has 0 spiro atoms. The number of rotatable bonds is 4. The Kier molecular flexibility index (Phi) is 5.27. The topological polar surface area (TPSA) is 77.9 Å². The fraction of sp³-hybridized carbons (Fsp3) is 0.929. The highest BCUT2D eigenvalue weighted by molar-refractivity contribution is 7.88. The van der Waals surface area contributed by atoms with E-state index in [1.54, 1.807) is 4.31 Å². The molecule has 6 nitrogen and oxygen atoms in total. The SMILES string of the molecule is CC1CC(C(=O)O)CCN1CC1CCCN(S(C)(=O)=O)C1. The van der Waals surface area contributed by atoms with Crippen molar-refractivity contribution < 1.29 is 18.3 Å². The van der Waals surface area contributed by atoms with Gasteiger partial charge in [-0.05, 0) is 45.1 Å². The lowest BCUT2D eigenvalue weighted by Gasteiger charge is -2.40. The van der Waals surface area contributed by atoms with Crippen molar-refractivity contribution in [3.63, 3.8) is 0 Å². The van der Waals surface area contributed by atoms with Crippen LogP contribution in [0.5, 0.6) is 0 Å². The maximum atomic E-state index is 11.7. The Morgan fingerprint density at radius 3 is 2.57 bits per heavy atom. The second kappa shape index (κ2) is 6.62. The first-order valence-electron chi connectivity index (χ1n) is 7.69. The molecule has 0 amide bonds. The van der Waals surface area contributed by atoms with Gasteiger partial charge in [0.2, 0.25) is 10.0 Å². The van der Waals surface area contributed by atoms with Crippen LogP contribution < -0.4 is 0 Å². The summed E-state index contributed by atoms with van der Waals surface area (Å²) in [6.07, 6.45) is 4.63. The van der Waals surface area contributed by atoms with Crippen LogP contribution in [0.3, 0.4) is 0 Å². The summed E-state index contributed by atoms with van der Waals surface area (Å²) in [4.78, 5) is 13.4. The average molecular weight is 318 g/mol. The molecule has 2 aliphatic rings. The minimum atomic E-state index is -3.10. The number of aliphatic carboxylic acids is 1. The first-order valence-corrected chi connectivity index (χ1v) is 9.54. The molecule has 21 heavy (non-hydrogen) atoms. The zero-order chi connectivity index (χ0) is 15.6. The number of carboxylic acid groups (broad SMARTS) is 1. The molecule has 0 aromatic rings. The number of sulfonamides is 1. The Morgan fingerprint density at radius 1 is 1.29 bits per heavy atom. The molecule has 2 heterocycles. The van der Waals surface area contributed by atoms with Gasteiger partial charge in [0.15, 0.2) is 0 Å². The molecule has 2 fully saturated rings. The molecular formula is C14H26N2O4S. The summed E-state index contributed by atoms with van der Waals surface area (Å²) in [6.45, 7) is 4.98. The van der Waals surface area contributed by atoms with Crippen molar-refractivity contribution >= 4 is 16.0 Å². The number of hydrogen-bond acceptors (Lipinski definition) is 4. The van der Waals surface area contributed by atoms with E-state index in [4.69, 9.17) is 5.11 Å². The van der Waals surface area contributed by atoms with E-state index in [0.717, 1.165) is 25.9 Å². The van der Waals surface area contributed by atoms with E-state index >= 15 is 0 Å². The van der Waals surface area contributed by atoms with E-state index in [1.165, 1.54) is 6.26 Å². The van der Waals surface area contributed by atoms with Crippen LogP contribution in [0.25, 0.3) is 0 Å². The summed E-state index contributed by atoms with van der Waals surface area (Å²) < 4.78 is 24.9. The molecule has 2 saturated heterocycles. The highest BCUT2D eigenvalue weighted by Crippen LogP contribution is 2.26. The summed E-state index contributed by atoms with van der Waals surface area (Å²) in [7, 11) is -3.10. The third-order valence-electron chi connectivity index (χ3n) is 4.81. The lowest BCUT2D eigenvalue weighted by molar-refractivity contribution is -0.144. The van der Waals surface area contributed by atoms with Crippen molar-refractivity contribution in [2.75, 3.05) is 32.4 Å². The summed E-state index contributed by atoms with van der Waals surface area (Å²) in [5.41, 5.74) is 0. The number of piperidine rings is 2. The van der Waals surface area contributed by atoms with Gasteiger partial charge in [0.25, 0.3) is 0 Å². The van der Waals surface area contributed by atoms with Crippen molar-refractivity contribution in [2.45, 2.75) is 38.6 Å². The van der Waals surface area contributed by atoms with Gasteiger partial charge in [0, 0.05) is 25.7 Å². The summed E-state index contributed by atoms with van der Waals surface area (Å²) >= 11 is 0. The van der Waals surface area contributed by atoms with Crippen molar-refractivity contribution in [2.24, 2.45) is 11.8 Å². The summed E-state index contributed by atoms with van der Waals surface area (Å²) in [5, 5.41) is 9.10. The van der Waals surface area contributed by atoms with Gasteiger partial charge >= 0.3 is 5.97 Å². The zero-order valence-corrected chi connectivity index (χ0v) is 13.7. The van der Waals surface area contributed by atoms with Crippen LogP contribution in [0.4, 0.5) is 0 Å². The molecule has 0 aromatic heterocycles. The van der Waals surface area contributed by atoms with E-state index in [1.807, 2.05) is 0 Å². The van der Waals surface area contributed by atoms with E-state index < -0.39 is 16.0 Å². The summed E-state index contributed by atoms with van der Waals surface area (Å²) in [6, 6.07) is 0.258. The van der Waals surface area contributed by atoms with E-state index in [0.29, 0.717) is 31.8 Å². The number of hydrogen-bond donors (Lipinski definition) is 1. The van der Waals surface area contributed by atoms with Crippen molar-refractivity contribution in [1.82, 2.24) is 9.21 Å². The van der Waals surface area contributed by atoms with Crippen LogP contribution in [-0.2, 0) is 14.8 Å². The molecule has 7 heteroatoms. The number of likely N-dealkylation sites (tertiary alicyclic amines) is 1. The largest absolute Gasteiger partial charge is 0.481 e. The van der Waals surface area contributed by atoms with Crippen LogP contribution in [-0.4, -0.2) is 67.2 Å². The van der Waals surface area contributed by atoms with Gasteiger partial charge in [-0.3, -0.25) is 4.79 Å². The first-order chi connectivity index (χ1) is 9.77. The molecule has 0 bridgehead atoms. The Bertz CT molecular complexity index is 479. The van der Waals surface area contributed by atoms with Crippen molar-refractivity contribution in [3.05, 3.63) is 0 Å².